The Kier molecular flexibility index (Phi) is 7.07. The van der Waals surface area contributed by atoms with Crippen LogP contribution in [0.4, 0.5) is 0 Å². The Morgan fingerprint density at radius 3 is 2.07 bits per heavy atom. The fourth-order valence-corrected chi connectivity index (χ4v) is 3.40. The Labute approximate surface area is 173 Å². The predicted octanol–water partition coefficient (Wildman–Crippen LogP) is 4.13. The lowest BCUT2D eigenvalue weighted by Crippen LogP contribution is -2.40. The number of amides is 1. The second-order valence-corrected chi connectivity index (χ2v) is 7.12. The summed E-state index contributed by atoms with van der Waals surface area (Å²) >= 11 is 3.41. The third-order valence-electron chi connectivity index (χ3n) is 4.62. The van der Waals surface area contributed by atoms with Crippen molar-refractivity contribution in [2.24, 2.45) is 0 Å². The molecule has 0 heterocycles. The van der Waals surface area contributed by atoms with Crippen molar-refractivity contribution in [1.82, 2.24) is 4.90 Å². The van der Waals surface area contributed by atoms with E-state index in [-0.39, 0.29) is 11.7 Å². The molecule has 0 N–H and O–H groups in total. The Hall–Kier alpha value is -2.54. The van der Waals surface area contributed by atoms with Gasteiger partial charge in [0.2, 0.25) is 5.75 Å². The number of rotatable bonds is 7. The number of halogens is 1. The van der Waals surface area contributed by atoms with Gasteiger partial charge in [0, 0.05) is 12.6 Å². The molecule has 0 fully saturated rings. The van der Waals surface area contributed by atoms with Gasteiger partial charge in [0.05, 0.1) is 37.4 Å². The Balaban J connectivity index is 2.39. The van der Waals surface area contributed by atoms with E-state index in [1.807, 2.05) is 19.1 Å². The molecule has 2 aromatic carbocycles. The molecular weight excluding hydrogens is 426 g/mol. The number of aryl methyl sites for hydroxylation is 1. The molecule has 2 rings (SSSR count). The number of ketones is 1. The maximum Gasteiger partial charge on any atom is 0.255 e. The van der Waals surface area contributed by atoms with E-state index in [0.717, 1.165) is 5.56 Å². The smallest absolute Gasteiger partial charge is 0.255 e. The van der Waals surface area contributed by atoms with Gasteiger partial charge in [0.15, 0.2) is 17.3 Å². The van der Waals surface area contributed by atoms with E-state index < -0.39 is 6.04 Å². The highest BCUT2D eigenvalue weighted by Gasteiger charge is 2.29. The van der Waals surface area contributed by atoms with Crippen LogP contribution in [0, 0.1) is 6.92 Å². The van der Waals surface area contributed by atoms with E-state index >= 15 is 0 Å². The molecule has 7 heteroatoms. The maximum atomic E-state index is 13.1. The van der Waals surface area contributed by atoms with Crippen LogP contribution in [0.3, 0.4) is 0 Å². The molecule has 0 aliphatic rings. The highest BCUT2D eigenvalue weighted by Crippen LogP contribution is 2.45. The summed E-state index contributed by atoms with van der Waals surface area (Å²) in [7, 11) is 6.04. The monoisotopic (exact) mass is 449 g/mol. The largest absolute Gasteiger partial charge is 0.493 e. The predicted molar refractivity (Wildman–Crippen MR) is 111 cm³/mol. The van der Waals surface area contributed by atoms with E-state index in [9.17, 15) is 9.59 Å². The summed E-state index contributed by atoms with van der Waals surface area (Å²) in [6.45, 7) is 3.65. The summed E-state index contributed by atoms with van der Waals surface area (Å²) in [6.07, 6.45) is 0. The van der Waals surface area contributed by atoms with Crippen LogP contribution in [-0.4, -0.2) is 51.0 Å². The SMILES string of the molecule is COc1cc(C(=O)N(C)C(C)C(=O)c2ccc(C)cc2)c(Br)c(OC)c1OC. The molecule has 0 radical (unpaired) electrons. The average Bonchev–Trinajstić information content (AvgIpc) is 2.71. The molecule has 28 heavy (non-hydrogen) atoms. The minimum absolute atomic E-state index is 0.139. The van der Waals surface area contributed by atoms with Gasteiger partial charge in [-0.25, -0.2) is 0 Å². The lowest BCUT2D eigenvalue weighted by Gasteiger charge is -2.25. The summed E-state index contributed by atoms with van der Waals surface area (Å²) in [4.78, 5) is 27.3. The summed E-state index contributed by atoms with van der Waals surface area (Å²) in [5.41, 5.74) is 1.93. The maximum absolute atomic E-state index is 13.1. The van der Waals surface area contributed by atoms with Crippen molar-refractivity contribution in [3.8, 4) is 17.2 Å². The molecule has 0 aliphatic carbocycles. The van der Waals surface area contributed by atoms with Crippen molar-refractivity contribution in [3.05, 3.63) is 51.5 Å². The van der Waals surface area contributed by atoms with Gasteiger partial charge in [-0.05, 0) is 35.8 Å². The summed E-state index contributed by atoms with van der Waals surface area (Å²) in [6, 6.07) is 8.19. The molecule has 6 nitrogen and oxygen atoms in total. The molecule has 150 valence electrons. The van der Waals surface area contributed by atoms with Crippen LogP contribution < -0.4 is 14.2 Å². The fourth-order valence-electron chi connectivity index (χ4n) is 2.78. The van der Waals surface area contributed by atoms with Crippen molar-refractivity contribution >= 4 is 27.6 Å². The molecular formula is C21H24BrNO5. The first-order valence-corrected chi connectivity index (χ1v) is 9.42. The van der Waals surface area contributed by atoms with Gasteiger partial charge >= 0.3 is 0 Å². The van der Waals surface area contributed by atoms with E-state index in [2.05, 4.69) is 15.9 Å². The molecule has 0 aliphatic heterocycles. The van der Waals surface area contributed by atoms with Gasteiger partial charge in [-0.2, -0.15) is 0 Å². The third-order valence-corrected chi connectivity index (χ3v) is 5.40. The van der Waals surface area contributed by atoms with Crippen molar-refractivity contribution in [2.45, 2.75) is 19.9 Å². The number of methoxy groups -OCH3 is 3. The topological polar surface area (TPSA) is 65.1 Å². The van der Waals surface area contributed by atoms with Crippen LogP contribution in [0.5, 0.6) is 17.2 Å². The first kappa shape index (κ1) is 21.8. The number of carbonyl (C=O) groups is 2. The van der Waals surface area contributed by atoms with E-state index in [1.54, 1.807) is 32.2 Å². The molecule has 0 bridgehead atoms. The van der Waals surface area contributed by atoms with Gasteiger partial charge in [-0.1, -0.05) is 29.8 Å². The van der Waals surface area contributed by atoms with Crippen LogP contribution in [0.15, 0.2) is 34.8 Å². The fraction of sp³-hybridized carbons (Fsp3) is 0.333. The normalized spacial score (nSPS) is 11.5. The first-order chi connectivity index (χ1) is 13.3. The van der Waals surface area contributed by atoms with Crippen LogP contribution >= 0.6 is 15.9 Å². The lowest BCUT2D eigenvalue weighted by molar-refractivity contribution is 0.0673. The van der Waals surface area contributed by atoms with Crippen LogP contribution in [0.2, 0.25) is 0 Å². The summed E-state index contributed by atoms with van der Waals surface area (Å²) < 4.78 is 16.5. The molecule has 1 amide bonds. The zero-order chi connectivity index (χ0) is 21.0. The standard InChI is InChI=1S/C21H24BrNO5/c1-12-7-9-14(10-8-12)18(24)13(2)23(3)21(25)15-11-16(26-4)19(27-5)20(28-6)17(15)22/h7-11,13H,1-6H3. The van der Waals surface area contributed by atoms with Gasteiger partial charge in [-0.15, -0.1) is 0 Å². The number of likely N-dealkylation sites (N-methyl/N-ethyl adjacent to an activating group) is 1. The number of nitrogens with zero attached hydrogens (tertiary/aromatic N) is 1. The van der Waals surface area contributed by atoms with Crippen LogP contribution in [-0.2, 0) is 0 Å². The first-order valence-electron chi connectivity index (χ1n) is 8.63. The highest BCUT2D eigenvalue weighted by molar-refractivity contribution is 9.10. The molecule has 1 atom stereocenters. The number of hydrogen-bond acceptors (Lipinski definition) is 5. The zero-order valence-corrected chi connectivity index (χ0v) is 18.4. The van der Waals surface area contributed by atoms with Crippen molar-refractivity contribution in [3.63, 3.8) is 0 Å². The van der Waals surface area contributed by atoms with Crippen molar-refractivity contribution < 1.29 is 23.8 Å². The van der Waals surface area contributed by atoms with Gasteiger partial charge in [-0.3, -0.25) is 9.59 Å². The third kappa shape index (κ3) is 4.14. The zero-order valence-electron chi connectivity index (χ0n) is 16.8. The number of carbonyl (C=O) groups excluding carboxylic acids is 2. The van der Waals surface area contributed by atoms with E-state index in [1.165, 1.54) is 26.2 Å². The van der Waals surface area contributed by atoms with Crippen LogP contribution in [0.25, 0.3) is 0 Å². The molecule has 0 aromatic heterocycles. The van der Waals surface area contributed by atoms with Crippen molar-refractivity contribution in [2.75, 3.05) is 28.4 Å². The minimum Gasteiger partial charge on any atom is -0.493 e. The summed E-state index contributed by atoms with van der Waals surface area (Å²) in [5, 5.41) is 0. The molecule has 0 saturated heterocycles. The Morgan fingerprint density at radius 2 is 1.57 bits per heavy atom. The number of Topliss-reactive ketones (excluding diaryl/α,β-unsaturated/α-hetero) is 1. The molecule has 0 saturated carbocycles. The van der Waals surface area contributed by atoms with Gasteiger partial charge in [0.1, 0.15) is 0 Å². The molecule has 0 spiro atoms. The second kappa shape index (κ2) is 9.10. The number of benzene rings is 2. The Bertz CT molecular complexity index is 879. The van der Waals surface area contributed by atoms with E-state index in [4.69, 9.17) is 14.2 Å². The quantitative estimate of drug-likeness (QED) is 0.594. The van der Waals surface area contributed by atoms with Gasteiger partial charge < -0.3 is 19.1 Å². The van der Waals surface area contributed by atoms with Crippen molar-refractivity contribution in [1.29, 1.82) is 0 Å². The average molecular weight is 450 g/mol. The van der Waals surface area contributed by atoms with Gasteiger partial charge in [0.25, 0.3) is 5.91 Å². The van der Waals surface area contributed by atoms with E-state index in [0.29, 0.717) is 32.8 Å². The minimum atomic E-state index is -0.652. The van der Waals surface area contributed by atoms with Crippen LogP contribution in [0.1, 0.15) is 33.2 Å². The number of ether oxygens (including phenoxy) is 3. The number of hydrogen-bond donors (Lipinski definition) is 0. The Morgan fingerprint density at radius 1 is 1.00 bits per heavy atom. The molecule has 1 unspecified atom stereocenters. The highest BCUT2D eigenvalue weighted by atomic mass is 79.9. The second-order valence-electron chi connectivity index (χ2n) is 6.33. The molecule has 2 aromatic rings. The lowest BCUT2D eigenvalue weighted by atomic mass is 10.0. The summed E-state index contributed by atoms with van der Waals surface area (Å²) in [5.74, 6) is 0.589.